The molecular formula is C11H9BrFNO. The number of benzene rings is 1. The van der Waals surface area contributed by atoms with Crippen LogP contribution in [0, 0.1) is 23.1 Å². The summed E-state index contributed by atoms with van der Waals surface area (Å²) in [6.45, 7) is 0.570. The van der Waals surface area contributed by atoms with E-state index in [1.54, 1.807) is 12.1 Å². The molecule has 1 aliphatic rings. The SMILES string of the molecule is N#CC1CCOC1c1ccc(Br)c(F)c1. The van der Waals surface area contributed by atoms with Crippen LogP contribution in [0.3, 0.4) is 0 Å². The Morgan fingerprint density at radius 2 is 2.33 bits per heavy atom. The van der Waals surface area contributed by atoms with E-state index in [4.69, 9.17) is 10.00 Å². The Morgan fingerprint density at radius 1 is 1.53 bits per heavy atom. The van der Waals surface area contributed by atoms with E-state index in [0.29, 0.717) is 11.1 Å². The number of hydrogen-bond acceptors (Lipinski definition) is 2. The van der Waals surface area contributed by atoms with Gasteiger partial charge in [-0.1, -0.05) is 6.07 Å². The van der Waals surface area contributed by atoms with Gasteiger partial charge in [-0.25, -0.2) is 4.39 Å². The van der Waals surface area contributed by atoms with Gasteiger partial charge in [0.15, 0.2) is 0 Å². The summed E-state index contributed by atoms with van der Waals surface area (Å²) in [6, 6.07) is 7.03. The third-order valence-electron chi connectivity index (χ3n) is 2.53. The predicted octanol–water partition coefficient (Wildman–Crippen LogP) is 3.19. The molecule has 2 nitrogen and oxygen atoms in total. The highest BCUT2D eigenvalue weighted by Crippen LogP contribution is 2.35. The third kappa shape index (κ3) is 2.04. The van der Waals surface area contributed by atoms with Gasteiger partial charge in [0.05, 0.1) is 22.6 Å². The summed E-state index contributed by atoms with van der Waals surface area (Å²) < 4.78 is 19.1. The van der Waals surface area contributed by atoms with Crippen LogP contribution in [0.5, 0.6) is 0 Å². The first kappa shape index (κ1) is 10.6. The zero-order chi connectivity index (χ0) is 10.8. The zero-order valence-corrected chi connectivity index (χ0v) is 9.50. The summed E-state index contributed by atoms with van der Waals surface area (Å²) in [5.41, 5.74) is 0.736. The predicted molar refractivity (Wildman–Crippen MR) is 56.5 cm³/mol. The molecular weight excluding hydrogens is 261 g/mol. The maximum Gasteiger partial charge on any atom is 0.137 e. The lowest BCUT2D eigenvalue weighted by Crippen LogP contribution is -2.05. The molecule has 78 valence electrons. The normalized spacial score (nSPS) is 25.1. The molecule has 1 heterocycles. The summed E-state index contributed by atoms with van der Waals surface area (Å²) in [5.74, 6) is -0.481. The van der Waals surface area contributed by atoms with Crippen molar-refractivity contribution in [3.8, 4) is 6.07 Å². The van der Waals surface area contributed by atoms with Gasteiger partial charge >= 0.3 is 0 Å². The molecule has 0 spiro atoms. The molecule has 1 saturated heterocycles. The molecule has 1 aliphatic heterocycles. The van der Waals surface area contributed by atoms with Gasteiger partial charge in [-0.15, -0.1) is 0 Å². The summed E-state index contributed by atoms with van der Waals surface area (Å²) in [6.07, 6.45) is 0.441. The van der Waals surface area contributed by atoms with Gasteiger partial charge in [-0.05, 0) is 40.0 Å². The van der Waals surface area contributed by atoms with E-state index in [0.717, 1.165) is 12.0 Å². The number of hydrogen-bond donors (Lipinski definition) is 0. The van der Waals surface area contributed by atoms with Gasteiger partial charge in [0, 0.05) is 6.61 Å². The van der Waals surface area contributed by atoms with Crippen LogP contribution in [0.2, 0.25) is 0 Å². The lowest BCUT2D eigenvalue weighted by molar-refractivity contribution is 0.100. The first-order chi connectivity index (χ1) is 7.22. The van der Waals surface area contributed by atoms with Crippen molar-refractivity contribution in [2.45, 2.75) is 12.5 Å². The molecule has 0 aliphatic carbocycles. The average Bonchev–Trinajstić information content (AvgIpc) is 2.70. The average molecular weight is 270 g/mol. The Morgan fingerprint density at radius 3 is 3.00 bits per heavy atom. The molecule has 4 heteroatoms. The molecule has 1 aromatic rings. The number of halogens is 2. The van der Waals surface area contributed by atoms with Crippen molar-refractivity contribution < 1.29 is 9.13 Å². The number of ether oxygens (including phenoxy) is 1. The minimum atomic E-state index is -0.320. The smallest absolute Gasteiger partial charge is 0.137 e. The lowest BCUT2D eigenvalue weighted by Gasteiger charge is -2.13. The van der Waals surface area contributed by atoms with E-state index in [2.05, 4.69) is 22.0 Å². The quantitative estimate of drug-likeness (QED) is 0.785. The molecule has 1 aromatic carbocycles. The van der Waals surface area contributed by atoms with Crippen LogP contribution in [0.1, 0.15) is 18.1 Å². The van der Waals surface area contributed by atoms with Gasteiger partial charge in [-0.3, -0.25) is 0 Å². The first-order valence-corrected chi connectivity index (χ1v) is 5.48. The Hall–Kier alpha value is -0.920. The van der Waals surface area contributed by atoms with E-state index >= 15 is 0 Å². The summed E-state index contributed by atoms with van der Waals surface area (Å²) in [5, 5.41) is 8.89. The number of rotatable bonds is 1. The van der Waals surface area contributed by atoms with E-state index in [9.17, 15) is 4.39 Å². The maximum atomic E-state index is 13.3. The standard InChI is InChI=1S/C11H9BrFNO/c12-9-2-1-7(5-10(9)13)11-8(6-14)3-4-15-11/h1-2,5,8,11H,3-4H2. The zero-order valence-electron chi connectivity index (χ0n) is 7.91. The van der Waals surface area contributed by atoms with Gasteiger partial charge in [0.2, 0.25) is 0 Å². The van der Waals surface area contributed by atoms with Crippen LogP contribution >= 0.6 is 15.9 Å². The van der Waals surface area contributed by atoms with E-state index in [-0.39, 0.29) is 17.8 Å². The molecule has 0 amide bonds. The molecule has 0 bridgehead atoms. The molecule has 15 heavy (non-hydrogen) atoms. The fourth-order valence-corrected chi connectivity index (χ4v) is 1.99. The Labute approximate surface area is 95.8 Å². The number of nitriles is 1. The van der Waals surface area contributed by atoms with Crippen LogP contribution in [0.4, 0.5) is 4.39 Å². The second kappa shape index (κ2) is 4.30. The Balaban J connectivity index is 2.30. The van der Waals surface area contributed by atoms with Crippen LogP contribution in [-0.2, 0) is 4.74 Å². The second-order valence-corrected chi connectivity index (χ2v) is 4.34. The van der Waals surface area contributed by atoms with E-state index in [1.807, 2.05) is 0 Å². The monoisotopic (exact) mass is 269 g/mol. The van der Waals surface area contributed by atoms with Crippen molar-refractivity contribution in [3.05, 3.63) is 34.1 Å². The fourth-order valence-electron chi connectivity index (χ4n) is 1.74. The molecule has 0 radical (unpaired) electrons. The van der Waals surface area contributed by atoms with Crippen LogP contribution in [0.25, 0.3) is 0 Å². The van der Waals surface area contributed by atoms with Crippen LogP contribution in [0.15, 0.2) is 22.7 Å². The molecule has 0 aromatic heterocycles. The summed E-state index contributed by atoms with van der Waals surface area (Å²) in [7, 11) is 0. The van der Waals surface area contributed by atoms with E-state index < -0.39 is 0 Å². The van der Waals surface area contributed by atoms with Crippen LogP contribution < -0.4 is 0 Å². The van der Waals surface area contributed by atoms with Gasteiger partial charge in [0.25, 0.3) is 0 Å². The van der Waals surface area contributed by atoms with Crippen molar-refractivity contribution in [1.29, 1.82) is 5.26 Å². The van der Waals surface area contributed by atoms with Gasteiger partial charge < -0.3 is 4.74 Å². The molecule has 1 fully saturated rings. The highest BCUT2D eigenvalue weighted by Gasteiger charge is 2.29. The summed E-state index contributed by atoms with van der Waals surface area (Å²) in [4.78, 5) is 0. The van der Waals surface area contributed by atoms with Crippen molar-refractivity contribution in [3.63, 3.8) is 0 Å². The van der Waals surface area contributed by atoms with E-state index in [1.165, 1.54) is 6.07 Å². The largest absolute Gasteiger partial charge is 0.372 e. The van der Waals surface area contributed by atoms with Crippen molar-refractivity contribution in [1.82, 2.24) is 0 Å². The molecule has 2 unspecified atom stereocenters. The Kier molecular flexibility index (Phi) is 3.03. The summed E-state index contributed by atoms with van der Waals surface area (Å²) >= 11 is 3.09. The minimum Gasteiger partial charge on any atom is -0.372 e. The molecule has 0 N–H and O–H groups in total. The van der Waals surface area contributed by atoms with Crippen molar-refractivity contribution >= 4 is 15.9 Å². The van der Waals surface area contributed by atoms with Gasteiger partial charge in [-0.2, -0.15) is 5.26 Å². The lowest BCUT2D eigenvalue weighted by atomic mass is 9.97. The first-order valence-electron chi connectivity index (χ1n) is 4.68. The highest BCUT2D eigenvalue weighted by atomic mass is 79.9. The fraction of sp³-hybridized carbons (Fsp3) is 0.364. The number of nitrogens with zero attached hydrogens (tertiary/aromatic N) is 1. The van der Waals surface area contributed by atoms with Crippen molar-refractivity contribution in [2.75, 3.05) is 6.61 Å². The maximum absolute atomic E-state index is 13.3. The van der Waals surface area contributed by atoms with Gasteiger partial charge in [0.1, 0.15) is 5.82 Å². The topological polar surface area (TPSA) is 33.0 Å². The van der Waals surface area contributed by atoms with Crippen LogP contribution in [-0.4, -0.2) is 6.61 Å². The minimum absolute atomic E-state index is 0.162. The second-order valence-electron chi connectivity index (χ2n) is 3.49. The Bertz CT molecular complexity index is 416. The molecule has 2 atom stereocenters. The molecule has 0 saturated carbocycles. The highest BCUT2D eigenvalue weighted by molar-refractivity contribution is 9.10. The third-order valence-corrected chi connectivity index (χ3v) is 3.17. The molecule has 2 rings (SSSR count). The van der Waals surface area contributed by atoms with Crippen molar-refractivity contribution in [2.24, 2.45) is 5.92 Å².